The van der Waals surface area contributed by atoms with Crippen molar-refractivity contribution in [2.75, 3.05) is 11.5 Å². The van der Waals surface area contributed by atoms with E-state index in [9.17, 15) is 13.2 Å². The van der Waals surface area contributed by atoms with Gasteiger partial charge in [-0.3, -0.25) is 4.79 Å². The molecule has 0 bridgehead atoms. The van der Waals surface area contributed by atoms with Crippen LogP contribution in [0.2, 0.25) is 0 Å². The van der Waals surface area contributed by atoms with E-state index >= 15 is 0 Å². The number of nitrogens with one attached hydrogen (secondary N) is 1. The number of amides is 1. The molecule has 0 spiro atoms. The van der Waals surface area contributed by atoms with Crippen molar-refractivity contribution < 1.29 is 13.2 Å². The van der Waals surface area contributed by atoms with Crippen LogP contribution in [0.3, 0.4) is 0 Å². The van der Waals surface area contributed by atoms with Gasteiger partial charge in [-0.1, -0.05) is 19.9 Å². The summed E-state index contributed by atoms with van der Waals surface area (Å²) in [6, 6.07) is 5.59. The molecule has 1 amide bonds. The van der Waals surface area contributed by atoms with Crippen LogP contribution in [0.25, 0.3) is 11.0 Å². The summed E-state index contributed by atoms with van der Waals surface area (Å²) < 4.78 is 25.0. The molecular formula is C17H23N3O3S. The number of rotatable bonds is 4. The van der Waals surface area contributed by atoms with E-state index in [1.807, 2.05) is 25.2 Å². The molecule has 0 aliphatic carbocycles. The highest BCUT2D eigenvalue weighted by molar-refractivity contribution is 7.91. The highest BCUT2D eigenvalue weighted by atomic mass is 32.2. The van der Waals surface area contributed by atoms with Crippen LogP contribution in [0.1, 0.15) is 37.6 Å². The first-order valence-corrected chi connectivity index (χ1v) is 10.0. The predicted molar refractivity (Wildman–Crippen MR) is 93.7 cm³/mol. The molecule has 1 fully saturated rings. The topological polar surface area (TPSA) is 81.1 Å². The Bertz CT molecular complexity index is 884. The maximum Gasteiger partial charge on any atom is 0.224 e. The molecular weight excluding hydrogens is 326 g/mol. The average Bonchev–Trinajstić information content (AvgIpc) is 2.98. The van der Waals surface area contributed by atoms with Crippen LogP contribution in [-0.4, -0.2) is 41.4 Å². The number of sulfone groups is 1. The van der Waals surface area contributed by atoms with Crippen LogP contribution in [0.4, 0.5) is 0 Å². The molecule has 0 saturated carbocycles. The first-order valence-electron chi connectivity index (χ1n) is 8.20. The second kappa shape index (κ2) is 6.20. The molecule has 1 aliphatic rings. The smallest absolute Gasteiger partial charge is 0.224 e. The Kier molecular flexibility index (Phi) is 4.38. The van der Waals surface area contributed by atoms with Gasteiger partial charge in [-0.15, -0.1) is 0 Å². The van der Waals surface area contributed by atoms with Gasteiger partial charge in [0.2, 0.25) is 5.91 Å². The van der Waals surface area contributed by atoms with Crippen molar-refractivity contribution in [2.24, 2.45) is 7.05 Å². The molecule has 7 heteroatoms. The molecule has 2 heterocycles. The summed E-state index contributed by atoms with van der Waals surface area (Å²) in [5.41, 5.74) is 2.81. The molecule has 6 nitrogen and oxygen atoms in total. The molecule has 1 aromatic heterocycles. The Morgan fingerprint density at radius 2 is 2.17 bits per heavy atom. The number of imidazole rings is 1. The van der Waals surface area contributed by atoms with Gasteiger partial charge in [0.1, 0.15) is 5.82 Å². The second-order valence-electron chi connectivity index (χ2n) is 6.85. The van der Waals surface area contributed by atoms with Crippen LogP contribution in [0.15, 0.2) is 18.2 Å². The van der Waals surface area contributed by atoms with Gasteiger partial charge in [0, 0.05) is 19.0 Å². The van der Waals surface area contributed by atoms with E-state index in [-0.39, 0.29) is 29.9 Å². The molecule has 130 valence electrons. The van der Waals surface area contributed by atoms with Crippen molar-refractivity contribution >= 4 is 26.8 Å². The highest BCUT2D eigenvalue weighted by Crippen LogP contribution is 2.22. The Morgan fingerprint density at radius 3 is 2.79 bits per heavy atom. The van der Waals surface area contributed by atoms with Crippen LogP contribution in [0, 0.1) is 0 Å². The number of aromatic nitrogens is 2. The zero-order valence-corrected chi connectivity index (χ0v) is 15.1. The largest absolute Gasteiger partial charge is 0.352 e. The van der Waals surface area contributed by atoms with Gasteiger partial charge in [-0.05, 0) is 24.1 Å². The van der Waals surface area contributed by atoms with Gasteiger partial charge in [0.05, 0.1) is 29.0 Å². The third-order valence-electron chi connectivity index (χ3n) is 4.46. The summed E-state index contributed by atoms with van der Waals surface area (Å²) in [7, 11) is -0.983. The van der Waals surface area contributed by atoms with E-state index in [0.29, 0.717) is 12.3 Å². The molecule has 1 unspecified atom stereocenters. The highest BCUT2D eigenvalue weighted by Gasteiger charge is 2.28. The minimum Gasteiger partial charge on any atom is -0.352 e. The first-order chi connectivity index (χ1) is 11.2. The number of fused-ring (bicyclic) bond motifs is 1. The Hall–Kier alpha value is -1.89. The number of aryl methyl sites for hydroxylation is 1. The lowest BCUT2D eigenvalue weighted by Gasteiger charge is -2.10. The number of carbonyl (C=O) groups excluding carboxylic acids is 1. The number of hydrogen-bond donors (Lipinski definition) is 1. The molecule has 1 N–H and O–H groups in total. The van der Waals surface area contributed by atoms with Crippen molar-refractivity contribution in [1.29, 1.82) is 0 Å². The van der Waals surface area contributed by atoms with Gasteiger partial charge in [0.25, 0.3) is 0 Å². The Balaban J connectivity index is 1.72. The third kappa shape index (κ3) is 3.45. The molecule has 2 aromatic rings. The zero-order valence-electron chi connectivity index (χ0n) is 14.2. The van der Waals surface area contributed by atoms with Crippen molar-refractivity contribution in [2.45, 2.75) is 38.6 Å². The predicted octanol–water partition coefficient (Wildman–Crippen LogP) is 1.54. The molecule has 1 aromatic carbocycles. The molecule has 3 rings (SSSR count). The van der Waals surface area contributed by atoms with Crippen LogP contribution in [0.5, 0.6) is 0 Å². The third-order valence-corrected chi connectivity index (χ3v) is 6.23. The van der Waals surface area contributed by atoms with Crippen molar-refractivity contribution in [3.63, 3.8) is 0 Å². The fourth-order valence-corrected chi connectivity index (χ4v) is 4.94. The van der Waals surface area contributed by atoms with E-state index in [4.69, 9.17) is 0 Å². The Labute approximate surface area is 142 Å². The summed E-state index contributed by atoms with van der Waals surface area (Å²) in [5.74, 6) is 1.42. The summed E-state index contributed by atoms with van der Waals surface area (Å²) in [4.78, 5) is 16.8. The monoisotopic (exact) mass is 349 g/mol. The summed E-state index contributed by atoms with van der Waals surface area (Å²) >= 11 is 0. The number of nitrogens with zero attached hydrogens (tertiary/aromatic N) is 2. The minimum atomic E-state index is -2.98. The van der Waals surface area contributed by atoms with Crippen molar-refractivity contribution in [3.05, 3.63) is 29.6 Å². The van der Waals surface area contributed by atoms with E-state index in [2.05, 4.69) is 28.7 Å². The van der Waals surface area contributed by atoms with Gasteiger partial charge in [-0.2, -0.15) is 0 Å². The average molecular weight is 349 g/mol. The number of benzene rings is 1. The van der Waals surface area contributed by atoms with Gasteiger partial charge in [0.15, 0.2) is 9.84 Å². The maximum absolute atomic E-state index is 12.2. The van der Waals surface area contributed by atoms with E-state index in [1.165, 1.54) is 0 Å². The van der Waals surface area contributed by atoms with Gasteiger partial charge >= 0.3 is 0 Å². The van der Waals surface area contributed by atoms with Crippen LogP contribution < -0.4 is 5.32 Å². The number of carbonyl (C=O) groups is 1. The molecule has 1 atom stereocenters. The quantitative estimate of drug-likeness (QED) is 0.908. The lowest BCUT2D eigenvalue weighted by molar-refractivity contribution is -0.120. The SMILES string of the molecule is CC(C)c1nc2cc(CC(=O)NC3CCS(=O)(=O)C3)ccc2n1C. The fourth-order valence-electron chi connectivity index (χ4n) is 3.26. The van der Waals surface area contributed by atoms with E-state index in [0.717, 1.165) is 22.4 Å². The first kappa shape index (κ1) is 17.0. The van der Waals surface area contributed by atoms with Crippen LogP contribution >= 0.6 is 0 Å². The standard InChI is InChI=1S/C17H23N3O3S/c1-11(2)17-19-14-8-12(4-5-15(14)20(17)3)9-16(21)18-13-6-7-24(22,23)10-13/h4-5,8,11,13H,6-7,9-10H2,1-3H3,(H,18,21). The normalized spacial score (nSPS) is 19.9. The minimum absolute atomic E-state index is 0.0514. The summed E-state index contributed by atoms with van der Waals surface area (Å²) in [6.07, 6.45) is 0.741. The second-order valence-corrected chi connectivity index (χ2v) is 9.08. The summed E-state index contributed by atoms with van der Waals surface area (Å²) in [6.45, 7) is 4.20. The van der Waals surface area contributed by atoms with Crippen molar-refractivity contribution in [3.8, 4) is 0 Å². The molecule has 24 heavy (non-hydrogen) atoms. The van der Waals surface area contributed by atoms with Gasteiger partial charge < -0.3 is 9.88 Å². The van der Waals surface area contributed by atoms with Crippen molar-refractivity contribution in [1.82, 2.24) is 14.9 Å². The molecule has 1 saturated heterocycles. The maximum atomic E-state index is 12.2. The molecule has 1 aliphatic heterocycles. The molecule has 0 radical (unpaired) electrons. The Morgan fingerprint density at radius 1 is 1.42 bits per heavy atom. The number of hydrogen-bond acceptors (Lipinski definition) is 4. The zero-order chi connectivity index (χ0) is 17.5. The van der Waals surface area contributed by atoms with E-state index < -0.39 is 9.84 Å². The van der Waals surface area contributed by atoms with Gasteiger partial charge in [-0.25, -0.2) is 13.4 Å². The lowest BCUT2D eigenvalue weighted by atomic mass is 10.1. The van der Waals surface area contributed by atoms with E-state index in [1.54, 1.807) is 0 Å². The summed E-state index contributed by atoms with van der Waals surface area (Å²) in [5, 5.41) is 2.82. The fraction of sp³-hybridized carbons (Fsp3) is 0.529. The van der Waals surface area contributed by atoms with Crippen LogP contribution in [-0.2, 0) is 28.1 Å². The lowest BCUT2D eigenvalue weighted by Crippen LogP contribution is -2.36.